The molecular formula is C15H22N2O4. The van der Waals surface area contributed by atoms with Gasteiger partial charge in [0.1, 0.15) is 5.69 Å². The number of amides is 1. The van der Waals surface area contributed by atoms with Gasteiger partial charge in [-0.2, -0.15) is 0 Å². The van der Waals surface area contributed by atoms with Crippen LogP contribution in [0.15, 0.2) is 12.1 Å². The van der Waals surface area contributed by atoms with Crippen LogP contribution in [-0.4, -0.2) is 41.2 Å². The maximum Gasteiger partial charge on any atom is 0.337 e. The van der Waals surface area contributed by atoms with Gasteiger partial charge in [0.05, 0.1) is 23.9 Å². The number of ether oxygens (including phenoxy) is 1. The van der Waals surface area contributed by atoms with E-state index in [1.807, 2.05) is 20.8 Å². The van der Waals surface area contributed by atoms with Crippen LogP contribution in [0, 0.1) is 12.8 Å². The molecular weight excluding hydrogens is 272 g/mol. The molecule has 2 N–H and O–H groups in total. The van der Waals surface area contributed by atoms with Crippen molar-refractivity contribution in [3.05, 3.63) is 29.1 Å². The summed E-state index contributed by atoms with van der Waals surface area (Å²) < 4.78 is 5.36. The number of hydrogen-bond acceptors (Lipinski definition) is 4. The number of aromatic carboxylic acids is 1. The lowest BCUT2D eigenvalue weighted by molar-refractivity contribution is 0.0694. The van der Waals surface area contributed by atoms with Crippen molar-refractivity contribution in [1.82, 2.24) is 10.3 Å². The van der Waals surface area contributed by atoms with Crippen LogP contribution in [0.1, 0.15) is 47.3 Å². The van der Waals surface area contributed by atoms with Crippen LogP contribution in [-0.2, 0) is 4.74 Å². The van der Waals surface area contributed by atoms with Gasteiger partial charge in [-0.25, -0.2) is 9.78 Å². The number of carbonyl (C=O) groups is 2. The molecule has 0 aliphatic rings. The highest BCUT2D eigenvalue weighted by Crippen LogP contribution is 2.09. The second-order valence-electron chi connectivity index (χ2n) is 5.12. The Balaban J connectivity index is 2.83. The molecule has 6 heteroatoms. The number of carbonyl (C=O) groups excluding carboxylic acids is 1. The molecule has 1 unspecified atom stereocenters. The highest BCUT2D eigenvalue weighted by molar-refractivity contribution is 5.94. The van der Waals surface area contributed by atoms with Crippen molar-refractivity contribution in [2.75, 3.05) is 13.2 Å². The summed E-state index contributed by atoms with van der Waals surface area (Å²) in [5, 5.41) is 11.8. The van der Waals surface area contributed by atoms with E-state index in [0.29, 0.717) is 18.9 Å². The molecule has 0 radical (unpaired) electrons. The zero-order chi connectivity index (χ0) is 16.0. The number of carboxylic acids is 1. The molecule has 1 aromatic rings. The van der Waals surface area contributed by atoms with Crippen LogP contribution >= 0.6 is 0 Å². The molecule has 1 atom stereocenters. The van der Waals surface area contributed by atoms with Crippen molar-refractivity contribution in [3.63, 3.8) is 0 Å². The number of hydrogen-bond donors (Lipinski definition) is 2. The van der Waals surface area contributed by atoms with Crippen molar-refractivity contribution in [2.24, 2.45) is 5.92 Å². The smallest absolute Gasteiger partial charge is 0.337 e. The van der Waals surface area contributed by atoms with Crippen molar-refractivity contribution >= 4 is 11.9 Å². The quantitative estimate of drug-likeness (QED) is 0.801. The van der Waals surface area contributed by atoms with E-state index in [1.165, 1.54) is 12.1 Å². The normalized spacial score (nSPS) is 12.2. The Kier molecular flexibility index (Phi) is 6.30. The van der Waals surface area contributed by atoms with E-state index < -0.39 is 5.97 Å². The predicted molar refractivity (Wildman–Crippen MR) is 78.5 cm³/mol. The third kappa shape index (κ3) is 4.82. The van der Waals surface area contributed by atoms with E-state index in [0.717, 1.165) is 0 Å². The Bertz CT molecular complexity index is 514. The molecule has 1 rings (SSSR count). The van der Waals surface area contributed by atoms with E-state index in [1.54, 1.807) is 6.92 Å². The first kappa shape index (κ1) is 17.1. The van der Waals surface area contributed by atoms with Gasteiger partial charge in [-0.3, -0.25) is 4.79 Å². The number of pyridine rings is 1. The monoisotopic (exact) mass is 294 g/mol. The molecule has 0 bridgehead atoms. The predicted octanol–water partition coefficient (Wildman–Crippen LogP) is 1.88. The third-order valence-corrected chi connectivity index (χ3v) is 3.17. The van der Waals surface area contributed by atoms with Gasteiger partial charge in [0.15, 0.2) is 0 Å². The topological polar surface area (TPSA) is 88.5 Å². The number of aryl methyl sites for hydroxylation is 1. The highest BCUT2D eigenvalue weighted by atomic mass is 16.5. The standard InChI is InChI=1S/C15H22N2O4/c1-5-21-8-13(9(2)3)17-14(18)12-7-6-11(15(19)20)10(4)16-12/h6-7,9,13H,5,8H2,1-4H3,(H,17,18)(H,19,20). The van der Waals surface area contributed by atoms with Crippen molar-refractivity contribution in [2.45, 2.75) is 33.7 Å². The zero-order valence-electron chi connectivity index (χ0n) is 12.8. The number of nitrogens with zero attached hydrogens (tertiary/aromatic N) is 1. The molecule has 0 saturated heterocycles. The molecule has 6 nitrogen and oxygen atoms in total. The minimum absolute atomic E-state index is 0.0984. The Morgan fingerprint density at radius 1 is 1.38 bits per heavy atom. The molecule has 0 saturated carbocycles. The van der Waals surface area contributed by atoms with Gasteiger partial charge in [-0.15, -0.1) is 0 Å². The summed E-state index contributed by atoms with van der Waals surface area (Å²) in [7, 11) is 0. The van der Waals surface area contributed by atoms with Crippen molar-refractivity contribution in [3.8, 4) is 0 Å². The summed E-state index contributed by atoms with van der Waals surface area (Å²) in [6.45, 7) is 8.48. The largest absolute Gasteiger partial charge is 0.478 e. The number of nitrogens with one attached hydrogen (secondary N) is 1. The molecule has 0 spiro atoms. The first-order valence-corrected chi connectivity index (χ1v) is 6.96. The fraction of sp³-hybridized carbons (Fsp3) is 0.533. The summed E-state index contributed by atoms with van der Waals surface area (Å²) >= 11 is 0. The maximum atomic E-state index is 12.2. The molecule has 0 fully saturated rings. The molecule has 116 valence electrons. The fourth-order valence-electron chi connectivity index (χ4n) is 1.80. The summed E-state index contributed by atoms with van der Waals surface area (Å²) in [6.07, 6.45) is 0. The van der Waals surface area contributed by atoms with Crippen LogP contribution in [0.3, 0.4) is 0 Å². The maximum absolute atomic E-state index is 12.2. The van der Waals surface area contributed by atoms with Crippen LogP contribution in [0.4, 0.5) is 0 Å². The second kappa shape index (κ2) is 7.73. The van der Waals surface area contributed by atoms with Crippen LogP contribution in [0.2, 0.25) is 0 Å². The average molecular weight is 294 g/mol. The van der Waals surface area contributed by atoms with Crippen LogP contribution in [0.5, 0.6) is 0 Å². The van der Waals surface area contributed by atoms with E-state index in [-0.39, 0.29) is 29.1 Å². The van der Waals surface area contributed by atoms with E-state index in [9.17, 15) is 9.59 Å². The molecule has 21 heavy (non-hydrogen) atoms. The third-order valence-electron chi connectivity index (χ3n) is 3.17. The van der Waals surface area contributed by atoms with Gasteiger partial charge in [-0.05, 0) is 31.9 Å². The minimum Gasteiger partial charge on any atom is -0.478 e. The molecule has 0 aromatic carbocycles. The Morgan fingerprint density at radius 2 is 2.05 bits per heavy atom. The molecule has 0 aliphatic carbocycles. The van der Waals surface area contributed by atoms with E-state index in [4.69, 9.17) is 9.84 Å². The van der Waals surface area contributed by atoms with Crippen LogP contribution in [0.25, 0.3) is 0 Å². The first-order chi connectivity index (χ1) is 9.86. The van der Waals surface area contributed by atoms with Gasteiger partial charge in [0.25, 0.3) is 5.91 Å². The molecule has 0 aliphatic heterocycles. The van der Waals surface area contributed by atoms with Gasteiger partial charge >= 0.3 is 5.97 Å². The first-order valence-electron chi connectivity index (χ1n) is 6.96. The SMILES string of the molecule is CCOCC(NC(=O)c1ccc(C(=O)O)c(C)n1)C(C)C. The summed E-state index contributed by atoms with van der Waals surface area (Å²) in [5.41, 5.74) is 0.627. The van der Waals surface area contributed by atoms with Gasteiger partial charge in [0, 0.05) is 6.61 Å². The average Bonchev–Trinajstić information content (AvgIpc) is 2.42. The van der Waals surface area contributed by atoms with E-state index in [2.05, 4.69) is 10.3 Å². The van der Waals surface area contributed by atoms with Gasteiger partial charge in [0.2, 0.25) is 0 Å². The molecule has 1 heterocycles. The number of rotatable bonds is 7. The number of carboxylic acid groups (broad SMARTS) is 1. The summed E-state index contributed by atoms with van der Waals surface area (Å²) in [5.74, 6) is -1.16. The van der Waals surface area contributed by atoms with Crippen molar-refractivity contribution in [1.29, 1.82) is 0 Å². The van der Waals surface area contributed by atoms with Crippen LogP contribution < -0.4 is 5.32 Å². The lowest BCUT2D eigenvalue weighted by Crippen LogP contribution is -2.42. The van der Waals surface area contributed by atoms with Gasteiger partial charge < -0.3 is 15.2 Å². The number of aromatic nitrogens is 1. The lowest BCUT2D eigenvalue weighted by Gasteiger charge is -2.22. The summed E-state index contributed by atoms with van der Waals surface area (Å²) in [4.78, 5) is 27.2. The lowest BCUT2D eigenvalue weighted by atomic mass is 10.1. The molecule has 1 aromatic heterocycles. The van der Waals surface area contributed by atoms with Crippen molar-refractivity contribution < 1.29 is 19.4 Å². The molecule has 1 amide bonds. The van der Waals surface area contributed by atoms with E-state index >= 15 is 0 Å². The Morgan fingerprint density at radius 3 is 2.52 bits per heavy atom. The highest BCUT2D eigenvalue weighted by Gasteiger charge is 2.19. The second-order valence-corrected chi connectivity index (χ2v) is 5.12. The minimum atomic E-state index is -1.05. The zero-order valence-corrected chi connectivity index (χ0v) is 12.8. The Labute approximate surface area is 124 Å². The Hall–Kier alpha value is -1.95. The fourth-order valence-corrected chi connectivity index (χ4v) is 1.80. The summed E-state index contributed by atoms with van der Waals surface area (Å²) in [6, 6.07) is 2.70. The van der Waals surface area contributed by atoms with Gasteiger partial charge in [-0.1, -0.05) is 13.8 Å².